The van der Waals surface area contributed by atoms with Crippen LogP contribution in [0.2, 0.25) is 5.02 Å². The molecule has 2 atom stereocenters. The van der Waals surface area contributed by atoms with Crippen LogP contribution in [0.4, 0.5) is 0 Å². The Labute approximate surface area is 187 Å². The third kappa shape index (κ3) is 3.85. The number of aromatic amines is 1. The number of nitrogens with one attached hydrogen (secondary N) is 1. The molecule has 2 aliphatic rings. The van der Waals surface area contributed by atoms with Crippen molar-refractivity contribution < 1.29 is 14.9 Å². The molecule has 2 aliphatic heterocycles. The lowest BCUT2D eigenvalue weighted by molar-refractivity contribution is -0.0587. The van der Waals surface area contributed by atoms with Crippen LogP contribution in [0.3, 0.4) is 0 Å². The summed E-state index contributed by atoms with van der Waals surface area (Å²) in [6.07, 6.45) is 1.12. The Morgan fingerprint density at radius 1 is 1.19 bits per heavy atom. The summed E-state index contributed by atoms with van der Waals surface area (Å²) in [5, 5.41) is 23.5. The normalized spacial score (nSPS) is 21.8. The highest BCUT2D eigenvalue weighted by Gasteiger charge is 2.43. The van der Waals surface area contributed by atoms with Crippen molar-refractivity contribution in [1.29, 1.82) is 0 Å². The van der Waals surface area contributed by atoms with Gasteiger partial charge in [0.2, 0.25) is 0 Å². The van der Waals surface area contributed by atoms with Crippen molar-refractivity contribution in [3.8, 4) is 5.75 Å². The van der Waals surface area contributed by atoms with Gasteiger partial charge in [0.25, 0.3) is 0 Å². The number of fused-ring (bicyclic) bond motifs is 2. The number of ether oxygens (including phenoxy) is 1. The summed E-state index contributed by atoms with van der Waals surface area (Å²) < 4.78 is 6.39. The number of hydrogen-bond acceptors (Lipinski definition) is 4. The minimum Gasteiger partial charge on any atom is -0.487 e. The molecule has 3 heterocycles. The quantitative estimate of drug-likeness (QED) is 0.546. The maximum absolute atomic E-state index is 11.1. The first-order valence-electron chi connectivity index (χ1n) is 11.0. The predicted molar refractivity (Wildman–Crippen MR) is 123 cm³/mol. The number of β-amino-alcohol motifs (C(OH)–C–C–N with tert-alkyl or cyclic N) is 1. The van der Waals surface area contributed by atoms with Crippen LogP contribution in [-0.2, 0) is 0 Å². The number of aryl methyl sites for hydroxylation is 2. The molecule has 31 heavy (non-hydrogen) atoms. The molecule has 3 N–H and O–H groups in total. The van der Waals surface area contributed by atoms with E-state index in [9.17, 15) is 10.2 Å². The van der Waals surface area contributed by atoms with Gasteiger partial charge in [0.15, 0.2) is 0 Å². The predicted octanol–water partition coefficient (Wildman–Crippen LogP) is 4.82. The summed E-state index contributed by atoms with van der Waals surface area (Å²) >= 11 is 6.08. The molecule has 0 radical (unpaired) electrons. The summed E-state index contributed by atoms with van der Waals surface area (Å²) in [4.78, 5) is 5.72. The van der Waals surface area contributed by atoms with Crippen molar-refractivity contribution in [2.75, 3.05) is 19.6 Å². The first kappa shape index (κ1) is 20.8. The van der Waals surface area contributed by atoms with Gasteiger partial charge in [-0.3, -0.25) is 0 Å². The van der Waals surface area contributed by atoms with Gasteiger partial charge in [-0.05, 0) is 56.5 Å². The molecule has 0 aliphatic carbocycles. The van der Waals surface area contributed by atoms with E-state index in [0.29, 0.717) is 18.0 Å². The van der Waals surface area contributed by atoms with Crippen LogP contribution in [0, 0.1) is 13.8 Å². The van der Waals surface area contributed by atoms with E-state index in [1.165, 1.54) is 5.56 Å². The standard InChI is InChI=1S/C25H29ClN2O3/c1-15-3-5-18-20(11-15)27-16(2)24(18)22(30)14-28-9-7-25(8-10-28)13-21(29)19-12-17(26)4-6-23(19)31-25/h3-6,11-12,21-22,27,29-30H,7-10,13-14H2,1-2H3/t21-,22+/m0/s1. The molecule has 164 valence electrons. The number of aromatic nitrogens is 1. The monoisotopic (exact) mass is 440 g/mol. The van der Waals surface area contributed by atoms with Crippen LogP contribution in [0.1, 0.15) is 53.9 Å². The van der Waals surface area contributed by atoms with Crippen LogP contribution in [0.25, 0.3) is 10.9 Å². The van der Waals surface area contributed by atoms with Crippen LogP contribution >= 0.6 is 11.6 Å². The van der Waals surface area contributed by atoms with Crippen molar-refractivity contribution in [2.24, 2.45) is 0 Å². The Morgan fingerprint density at radius 2 is 1.97 bits per heavy atom. The molecule has 3 aromatic rings. The second-order valence-corrected chi connectivity index (χ2v) is 9.65. The highest BCUT2D eigenvalue weighted by molar-refractivity contribution is 6.30. The molecule has 5 nitrogen and oxygen atoms in total. The van der Waals surface area contributed by atoms with Gasteiger partial charge in [-0.25, -0.2) is 0 Å². The number of piperidine rings is 1. The SMILES string of the molecule is Cc1ccc2c([C@H](O)CN3CCC4(CC3)C[C@H](O)c3cc(Cl)ccc3O4)c(C)[nH]c2c1. The van der Waals surface area contributed by atoms with E-state index in [2.05, 4.69) is 35.0 Å². The summed E-state index contributed by atoms with van der Waals surface area (Å²) in [7, 11) is 0. The fourth-order valence-electron chi connectivity index (χ4n) is 5.29. The molecule has 0 bridgehead atoms. The highest BCUT2D eigenvalue weighted by Crippen LogP contribution is 2.45. The smallest absolute Gasteiger partial charge is 0.126 e. The van der Waals surface area contributed by atoms with E-state index in [1.54, 1.807) is 6.07 Å². The van der Waals surface area contributed by atoms with Gasteiger partial charge in [-0.1, -0.05) is 23.7 Å². The largest absolute Gasteiger partial charge is 0.487 e. The van der Waals surface area contributed by atoms with Gasteiger partial charge in [0.05, 0.1) is 12.2 Å². The Balaban J connectivity index is 1.27. The summed E-state index contributed by atoms with van der Waals surface area (Å²) in [6, 6.07) is 11.8. The number of benzene rings is 2. The molecule has 0 unspecified atom stereocenters. The Morgan fingerprint density at radius 3 is 2.74 bits per heavy atom. The second-order valence-electron chi connectivity index (χ2n) is 9.22. The summed E-state index contributed by atoms with van der Waals surface area (Å²) in [5.74, 6) is 0.737. The number of hydrogen-bond donors (Lipinski definition) is 3. The van der Waals surface area contributed by atoms with E-state index >= 15 is 0 Å². The average molecular weight is 441 g/mol. The lowest BCUT2D eigenvalue weighted by atomic mass is 9.81. The van der Waals surface area contributed by atoms with E-state index in [1.807, 2.05) is 19.1 Å². The number of nitrogens with zero attached hydrogens (tertiary/aromatic N) is 1. The van der Waals surface area contributed by atoms with Crippen molar-refractivity contribution in [1.82, 2.24) is 9.88 Å². The fraction of sp³-hybridized carbons (Fsp3) is 0.440. The number of halogens is 1. The van der Waals surface area contributed by atoms with Gasteiger partial charge in [0, 0.05) is 58.8 Å². The van der Waals surface area contributed by atoms with Gasteiger partial charge < -0.3 is 24.8 Å². The van der Waals surface area contributed by atoms with Crippen LogP contribution < -0.4 is 4.74 Å². The minimum absolute atomic E-state index is 0.351. The number of rotatable bonds is 3. The van der Waals surface area contributed by atoms with E-state index in [0.717, 1.165) is 59.4 Å². The third-order valence-electron chi connectivity index (χ3n) is 6.95. The maximum Gasteiger partial charge on any atom is 0.126 e. The summed E-state index contributed by atoms with van der Waals surface area (Å²) in [6.45, 7) is 6.35. The zero-order valence-corrected chi connectivity index (χ0v) is 18.7. The molecule has 2 aromatic carbocycles. The lowest BCUT2D eigenvalue weighted by Crippen LogP contribution is -2.51. The topological polar surface area (TPSA) is 68.7 Å². The van der Waals surface area contributed by atoms with Crippen LogP contribution in [-0.4, -0.2) is 45.3 Å². The van der Waals surface area contributed by atoms with E-state index < -0.39 is 12.2 Å². The van der Waals surface area contributed by atoms with E-state index in [-0.39, 0.29) is 5.60 Å². The molecule has 0 saturated carbocycles. The molecular formula is C25H29ClN2O3. The van der Waals surface area contributed by atoms with Crippen molar-refractivity contribution in [3.05, 3.63) is 63.8 Å². The molecule has 0 amide bonds. The van der Waals surface area contributed by atoms with Crippen molar-refractivity contribution in [2.45, 2.75) is 50.9 Å². The van der Waals surface area contributed by atoms with Gasteiger partial charge in [-0.15, -0.1) is 0 Å². The molecule has 6 heteroatoms. The van der Waals surface area contributed by atoms with Crippen molar-refractivity contribution >= 4 is 22.5 Å². The Hall–Kier alpha value is -2.05. The maximum atomic E-state index is 11.1. The third-order valence-corrected chi connectivity index (χ3v) is 7.18. The molecule has 5 rings (SSSR count). The summed E-state index contributed by atoms with van der Waals surface area (Å²) in [5.41, 5.74) is 4.72. The Kier molecular flexibility index (Phi) is 5.25. The molecule has 1 spiro atoms. The molecular weight excluding hydrogens is 412 g/mol. The fourth-order valence-corrected chi connectivity index (χ4v) is 5.47. The zero-order chi connectivity index (χ0) is 21.8. The first-order chi connectivity index (χ1) is 14.8. The molecule has 1 saturated heterocycles. The lowest BCUT2D eigenvalue weighted by Gasteiger charge is -2.46. The van der Waals surface area contributed by atoms with Crippen LogP contribution in [0.15, 0.2) is 36.4 Å². The van der Waals surface area contributed by atoms with Gasteiger partial charge >= 0.3 is 0 Å². The van der Waals surface area contributed by atoms with Gasteiger partial charge in [-0.2, -0.15) is 0 Å². The minimum atomic E-state index is -0.558. The van der Waals surface area contributed by atoms with Crippen molar-refractivity contribution in [3.63, 3.8) is 0 Å². The second kappa shape index (κ2) is 7.82. The van der Waals surface area contributed by atoms with Crippen LogP contribution in [0.5, 0.6) is 5.75 Å². The number of aliphatic hydroxyl groups excluding tert-OH is 2. The Bertz CT molecular complexity index is 1120. The zero-order valence-electron chi connectivity index (χ0n) is 18.0. The number of H-pyrrole nitrogens is 1. The van der Waals surface area contributed by atoms with Gasteiger partial charge in [0.1, 0.15) is 11.4 Å². The number of aliphatic hydroxyl groups is 2. The number of likely N-dealkylation sites (tertiary alicyclic amines) is 1. The first-order valence-corrected chi connectivity index (χ1v) is 11.4. The average Bonchev–Trinajstić information content (AvgIpc) is 3.05. The molecule has 1 fully saturated rings. The molecule has 1 aromatic heterocycles. The van der Waals surface area contributed by atoms with E-state index in [4.69, 9.17) is 16.3 Å². The highest BCUT2D eigenvalue weighted by atomic mass is 35.5.